The second-order valence-corrected chi connectivity index (χ2v) is 4.91. The van der Waals surface area contributed by atoms with E-state index in [4.69, 9.17) is 16.2 Å². The van der Waals surface area contributed by atoms with Gasteiger partial charge < -0.3 is 26.4 Å². The maximum Gasteiger partial charge on any atom is 0.241 e. The second-order valence-electron chi connectivity index (χ2n) is 4.91. The van der Waals surface area contributed by atoms with Crippen molar-refractivity contribution in [1.29, 1.82) is 0 Å². The van der Waals surface area contributed by atoms with Crippen LogP contribution in [0.2, 0.25) is 0 Å². The van der Waals surface area contributed by atoms with Crippen LogP contribution in [-0.4, -0.2) is 44.2 Å². The van der Waals surface area contributed by atoms with Gasteiger partial charge >= 0.3 is 0 Å². The van der Waals surface area contributed by atoms with Gasteiger partial charge in [0, 0.05) is 24.5 Å². The van der Waals surface area contributed by atoms with Gasteiger partial charge in [-0.05, 0) is 24.3 Å². The van der Waals surface area contributed by atoms with Crippen LogP contribution in [0.1, 0.15) is 6.42 Å². The van der Waals surface area contributed by atoms with Gasteiger partial charge in [0.2, 0.25) is 11.8 Å². The molecule has 0 saturated carbocycles. The molecule has 21 heavy (non-hydrogen) atoms. The Hall–Kier alpha value is -2.12. The van der Waals surface area contributed by atoms with E-state index in [9.17, 15) is 9.59 Å². The number of amides is 2. The Morgan fingerprint density at radius 2 is 1.86 bits per heavy atom. The molecule has 7 heteroatoms. The number of hydrogen-bond acceptors (Lipinski definition) is 5. The Bertz CT molecular complexity index is 497. The van der Waals surface area contributed by atoms with Gasteiger partial charge in [-0.3, -0.25) is 9.59 Å². The van der Waals surface area contributed by atoms with Gasteiger partial charge in [-0.2, -0.15) is 0 Å². The molecule has 1 heterocycles. The number of primary amides is 1. The minimum absolute atomic E-state index is 0.169. The summed E-state index contributed by atoms with van der Waals surface area (Å²) in [5.41, 5.74) is 12.3. The highest BCUT2D eigenvalue weighted by molar-refractivity contribution is 5.97. The predicted molar refractivity (Wildman–Crippen MR) is 79.9 cm³/mol. The van der Waals surface area contributed by atoms with Crippen molar-refractivity contribution < 1.29 is 14.3 Å². The molecule has 1 aliphatic heterocycles. The highest BCUT2D eigenvalue weighted by Gasteiger charge is 2.16. The molecule has 0 spiro atoms. The van der Waals surface area contributed by atoms with Crippen LogP contribution in [-0.2, 0) is 14.3 Å². The fraction of sp³-hybridized carbons (Fsp3) is 0.429. The minimum atomic E-state index is -0.929. The average Bonchev–Trinajstić information content (AvgIpc) is 2.48. The number of rotatable bonds is 5. The quantitative estimate of drug-likeness (QED) is 0.688. The minimum Gasteiger partial charge on any atom is -0.378 e. The largest absolute Gasteiger partial charge is 0.378 e. The number of morpholine rings is 1. The second kappa shape index (κ2) is 7.05. The first-order valence-electron chi connectivity index (χ1n) is 6.84. The Morgan fingerprint density at radius 3 is 2.43 bits per heavy atom. The van der Waals surface area contributed by atoms with Gasteiger partial charge in [0.25, 0.3) is 0 Å². The van der Waals surface area contributed by atoms with E-state index in [-0.39, 0.29) is 6.42 Å². The molecule has 0 aromatic heterocycles. The van der Waals surface area contributed by atoms with Gasteiger partial charge in [-0.1, -0.05) is 0 Å². The number of nitrogens with zero attached hydrogens (tertiary/aromatic N) is 1. The fourth-order valence-corrected chi connectivity index (χ4v) is 2.12. The number of benzene rings is 1. The standard InChI is InChI=1S/C14H20N4O3/c15-12(9-13(16)19)14(20)17-10-1-3-11(4-2-10)18-5-7-21-8-6-18/h1-4,12H,5-9,15H2,(H2,16,19)(H,17,20). The van der Waals surface area contributed by atoms with Crippen molar-refractivity contribution in [2.45, 2.75) is 12.5 Å². The lowest BCUT2D eigenvalue weighted by molar-refractivity contribution is -0.123. The molecule has 1 saturated heterocycles. The average molecular weight is 292 g/mol. The molecule has 0 radical (unpaired) electrons. The summed E-state index contributed by atoms with van der Waals surface area (Å²) in [6.45, 7) is 3.16. The highest BCUT2D eigenvalue weighted by Crippen LogP contribution is 2.19. The lowest BCUT2D eigenvalue weighted by Gasteiger charge is -2.28. The first kappa shape index (κ1) is 15.3. The van der Waals surface area contributed by atoms with Crippen LogP contribution >= 0.6 is 0 Å². The third-order valence-electron chi connectivity index (χ3n) is 3.27. The van der Waals surface area contributed by atoms with Gasteiger partial charge in [0.15, 0.2) is 0 Å². The van der Waals surface area contributed by atoms with Crippen LogP contribution in [0.15, 0.2) is 24.3 Å². The van der Waals surface area contributed by atoms with Gasteiger partial charge in [0.1, 0.15) is 0 Å². The number of nitrogens with one attached hydrogen (secondary N) is 1. The van der Waals surface area contributed by atoms with Crippen molar-refractivity contribution in [3.05, 3.63) is 24.3 Å². The number of ether oxygens (including phenoxy) is 1. The van der Waals surface area contributed by atoms with E-state index in [1.165, 1.54) is 0 Å². The Kier molecular flexibility index (Phi) is 5.13. The summed E-state index contributed by atoms with van der Waals surface area (Å²) in [6.07, 6.45) is -0.169. The third-order valence-corrected chi connectivity index (χ3v) is 3.27. The molecule has 1 aromatic carbocycles. The molecule has 0 bridgehead atoms. The molecule has 1 aliphatic rings. The molecule has 5 N–H and O–H groups in total. The molecule has 1 unspecified atom stereocenters. The molecule has 1 atom stereocenters. The molecule has 2 rings (SSSR count). The first-order chi connectivity index (χ1) is 10.1. The highest BCUT2D eigenvalue weighted by atomic mass is 16.5. The fourth-order valence-electron chi connectivity index (χ4n) is 2.12. The zero-order valence-corrected chi connectivity index (χ0v) is 11.7. The SMILES string of the molecule is NC(=O)CC(N)C(=O)Nc1ccc(N2CCOCC2)cc1. The van der Waals surface area contributed by atoms with Crippen LogP contribution in [0.25, 0.3) is 0 Å². The van der Waals surface area contributed by atoms with Crippen LogP contribution in [0.4, 0.5) is 11.4 Å². The van der Waals surface area contributed by atoms with Crippen molar-refractivity contribution in [2.75, 3.05) is 36.5 Å². The van der Waals surface area contributed by atoms with E-state index in [1.807, 2.05) is 12.1 Å². The maximum absolute atomic E-state index is 11.8. The summed E-state index contributed by atoms with van der Waals surface area (Å²) in [5, 5.41) is 2.66. The van der Waals surface area contributed by atoms with E-state index in [1.54, 1.807) is 12.1 Å². The summed E-state index contributed by atoms with van der Waals surface area (Å²) < 4.78 is 5.31. The molecular formula is C14H20N4O3. The van der Waals surface area contributed by atoms with Gasteiger partial charge in [-0.15, -0.1) is 0 Å². The van der Waals surface area contributed by atoms with Crippen LogP contribution < -0.4 is 21.7 Å². The summed E-state index contributed by atoms with van der Waals surface area (Å²) in [6, 6.07) is 6.54. The number of nitrogens with two attached hydrogens (primary N) is 2. The van der Waals surface area contributed by atoms with E-state index in [0.717, 1.165) is 32.0 Å². The Labute approximate surface area is 123 Å². The Balaban J connectivity index is 1.92. The van der Waals surface area contributed by atoms with E-state index in [0.29, 0.717) is 5.69 Å². The van der Waals surface area contributed by atoms with Crippen LogP contribution in [0, 0.1) is 0 Å². The molecule has 7 nitrogen and oxygen atoms in total. The first-order valence-corrected chi connectivity index (χ1v) is 6.84. The van der Waals surface area contributed by atoms with E-state index < -0.39 is 17.9 Å². The van der Waals surface area contributed by atoms with E-state index in [2.05, 4.69) is 10.2 Å². The zero-order valence-electron chi connectivity index (χ0n) is 11.7. The van der Waals surface area contributed by atoms with Crippen molar-refractivity contribution in [3.8, 4) is 0 Å². The molecular weight excluding hydrogens is 272 g/mol. The molecule has 114 valence electrons. The topological polar surface area (TPSA) is 111 Å². The molecule has 1 fully saturated rings. The molecule has 0 aliphatic carbocycles. The van der Waals surface area contributed by atoms with Crippen LogP contribution in [0.3, 0.4) is 0 Å². The lowest BCUT2D eigenvalue weighted by atomic mass is 10.2. The summed E-state index contributed by atoms with van der Waals surface area (Å²) >= 11 is 0. The van der Waals surface area contributed by atoms with Crippen molar-refractivity contribution in [3.63, 3.8) is 0 Å². The normalized spacial score (nSPS) is 16.3. The number of hydrogen-bond donors (Lipinski definition) is 3. The molecule has 2 amide bonds. The van der Waals surface area contributed by atoms with Gasteiger partial charge in [0.05, 0.1) is 25.7 Å². The molecule has 1 aromatic rings. The Morgan fingerprint density at radius 1 is 1.24 bits per heavy atom. The summed E-state index contributed by atoms with van der Waals surface area (Å²) in [7, 11) is 0. The zero-order chi connectivity index (χ0) is 15.2. The van der Waals surface area contributed by atoms with Crippen molar-refractivity contribution in [1.82, 2.24) is 0 Å². The lowest BCUT2D eigenvalue weighted by Crippen LogP contribution is -2.39. The van der Waals surface area contributed by atoms with Crippen LogP contribution in [0.5, 0.6) is 0 Å². The number of carbonyl (C=O) groups excluding carboxylic acids is 2. The summed E-state index contributed by atoms with van der Waals surface area (Å²) in [5.74, 6) is -1.02. The monoisotopic (exact) mass is 292 g/mol. The van der Waals surface area contributed by atoms with Crippen molar-refractivity contribution >= 4 is 23.2 Å². The van der Waals surface area contributed by atoms with E-state index >= 15 is 0 Å². The smallest absolute Gasteiger partial charge is 0.241 e. The van der Waals surface area contributed by atoms with Gasteiger partial charge in [-0.25, -0.2) is 0 Å². The number of anilines is 2. The third kappa shape index (κ3) is 4.44. The summed E-state index contributed by atoms with van der Waals surface area (Å²) in [4.78, 5) is 24.7. The predicted octanol–water partition coefficient (Wildman–Crippen LogP) is -0.336. The maximum atomic E-state index is 11.8. The van der Waals surface area contributed by atoms with Crippen molar-refractivity contribution in [2.24, 2.45) is 11.5 Å². The number of carbonyl (C=O) groups is 2.